The van der Waals surface area contributed by atoms with Gasteiger partial charge in [-0.15, -0.1) is 0 Å². The first-order valence-electron chi connectivity index (χ1n) is 7.06. The molecule has 2 rings (SSSR count). The van der Waals surface area contributed by atoms with E-state index in [0.717, 1.165) is 12.0 Å². The van der Waals surface area contributed by atoms with Crippen molar-refractivity contribution >= 4 is 12.0 Å². The van der Waals surface area contributed by atoms with Crippen molar-refractivity contribution in [2.24, 2.45) is 0 Å². The van der Waals surface area contributed by atoms with Crippen molar-refractivity contribution < 1.29 is 19.1 Å². The second kappa shape index (κ2) is 7.06. The Hall–Kier alpha value is -2.11. The zero-order chi connectivity index (χ0) is 15.2. The van der Waals surface area contributed by atoms with Crippen LogP contribution in [0.3, 0.4) is 0 Å². The molecule has 114 valence electrons. The van der Waals surface area contributed by atoms with Crippen LogP contribution in [-0.2, 0) is 4.79 Å². The zero-order valence-corrected chi connectivity index (χ0v) is 11.7. The average molecular weight is 294 g/mol. The van der Waals surface area contributed by atoms with Gasteiger partial charge in [0.2, 0.25) is 0 Å². The fourth-order valence-corrected chi connectivity index (χ4v) is 2.50. The van der Waals surface area contributed by atoms with Crippen molar-refractivity contribution in [1.82, 2.24) is 10.2 Å². The van der Waals surface area contributed by atoms with Gasteiger partial charge >= 0.3 is 12.0 Å². The van der Waals surface area contributed by atoms with E-state index >= 15 is 0 Å². The summed E-state index contributed by atoms with van der Waals surface area (Å²) in [6, 6.07) is 6.22. The molecule has 0 aromatic heterocycles. The number of nitrogens with zero attached hydrogens (tertiary/aromatic N) is 1. The predicted molar refractivity (Wildman–Crippen MR) is 75.6 cm³/mol. The van der Waals surface area contributed by atoms with Crippen molar-refractivity contribution in [3.63, 3.8) is 0 Å². The standard InChI is InChI=1S/C15H19FN2O3/c16-13-5-3-11(4-6-13)12-7-9-18(10-12)15(21)17-8-1-2-14(19)20/h3-6,12H,1-2,7-10H2,(H,17,21)(H,19,20). The number of halogens is 1. The predicted octanol–water partition coefficient (Wildman–Crippen LogP) is 2.19. The highest BCUT2D eigenvalue weighted by Crippen LogP contribution is 2.27. The van der Waals surface area contributed by atoms with E-state index in [1.54, 1.807) is 17.0 Å². The second-order valence-electron chi connectivity index (χ2n) is 5.21. The summed E-state index contributed by atoms with van der Waals surface area (Å²) in [5.41, 5.74) is 1.04. The summed E-state index contributed by atoms with van der Waals surface area (Å²) in [7, 11) is 0. The quantitative estimate of drug-likeness (QED) is 0.818. The molecule has 1 aromatic rings. The van der Waals surface area contributed by atoms with Crippen LogP contribution in [0.5, 0.6) is 0 Å². The van der Waals surface area contributed by atoms with Crippen LogP contribution in [0.25, 0.3) is 0 Å². The van der Waals surface area contributed by atoms with Gasteiger partial charge in [-0.05, 0) is 30.5 Å². The van der Waals surface area contributed by atoms with E-state index in [1.807, 2.05) is 0 Å². The summed E-state index contributed by atoms with van der Waals surface area (Å²) in [4.78, 5) is 24.0. The zero-order valence-electron chi connectivity index (χ0n) is 11.7. The van der Waals surface area contributed by atoms with Gasteiger partial charge in [0.25, 0.3) is 0 Å². The van der Waals surface area contributed by atoms with Gasteiger partial charge in [-0.2, -0.15) is 0 Å². The van der Waals surface area contributed by atoms with Gasteiger partial charge < -0.3 is 15.3 Å². The molecular formula is C15H19FN2O3. The van der Waals surface area contributed by atoms with Crippen molar-refractivity contribution in [2.45, 2.75) is 25.2 Å². The van der Waals surface area contributed by atoms with Gasteiger partial charge in [0, 0.05) is 32.0 Å². The Morgan fingerprint density at radius 2 is 2.05 bits per heavy atom. The Labute approximate surface area is 122 Å². The molecule has 1 heterocycles. The van der Waals surface area contributed by atoms with Crippen molar-refractivity contribution in [1.29, 1.82) is 0 Å². The minimum Gasteiger partial charge on any atom is -0.481 e. The number of amides is 2. The van der Waals surface area contributed by atoms with Gasteiger partial charge in [0.15, 0.2) is 0 Å². The third-order valence-corrected chi connectivity index (χ3v) is 3.66. The molecule has 0 radical (unpaired) electrons. The maximum Gasteiger partial charge on any atom is 0.317 e. The van der Waals surface area contributed by atoms with Crippen molar-refractivity contribution in [3.05, 3.63) is 35.6 Å². The molecular weight excluding hydrogens is 275 g/mol. The lowest BCUT2D eigenvalue weighted by atomic mass is 9.99. The first-order valence-corrected chi connectivity index (χ1v) is 7.06. The highest BCUT2D eigenvalue weighted by molar-refractivity contribution is 5.74. The SMILES string of the molecule is O=C(O)CCCNC(=O)N1CCC(c2ccc(F)cc2)C1. The number of carboxylic acids is 1. The largest absolute Gasteiger partial charge is 0.481 e. The topological polar surface area (TPSA) is 69.6 Å². The third-order valence-electron chi connectivity index (χ3n) is 3.66. The Balaban J connectivity index is 1.77. The maximum absolute atomic E-state index is 12.9. The number of likely N-dealkylation sites (tertiary alicyclic amines) is 1. The Morgan fingerprint density at radius 3 is 2.71 bits per heavy atom. The molecule has 1 atom stereocenters. The van der Waals surface area contributed by atoms with Crippen LogP contribution in [0.15, 0.2) is 24.3 Å². The normalized spacial score (nSPS) is 17.8. The number of urea groups is 1. The molecule has 1 aliphatic heterocycles. The Morgan fingerprint density at radius 1 is 1.33 bits per heavy atom. The molecule has 2 amide bonds. The van der Waals surface area contributed by atoms with E-state index in [1.165, 1.54) is 12.1 Å². The van der Waals surface area contributed by atoms with Gasteiger partial charge in [-0.1, -0.05) is 12.1 Å². The highest BCUT2D eigenvalue weighted by Gasteiger charge is 2.27. The molecule has 21 heavy (non-hydrogen) atoms. The lowest BCUT2D eigenvalue weighted by molar-refractivity contribution is -0.137. The first kappa shape index (κ1) is 15.3. The summed E-state index contributed by atoms with van der Waals surface area (Å²) in [5, 5.41) is 11.2. The number of aliphatic carboxylic acids is 1. The number of hydrogen-bond donors (Lipinski definition) is 2. The van der Waals surface area contributed by atoms with Crippen LogP contribution >= 0.6 is 0 Å². The summed E-state index contributed by atoms with van der Waals surface area (Å²) in [5.74, 6) is -0.887. The summed E-state index contributed by atoms with van der Waals surface area (Å²) < 4.78 is 12.9. The number of hydrogen-bond acceptors (Lipinski definition) is 2. The van der Waals surface area contributed by atoms with Crippen LogP contribution < -0.4 is 5.32 Å². The molecule has 1 fully saturated rings. The molecule has 1 aliphatic rings. The highest BCUT2D eigenvalue weighted by atomic mass is 19.1. The van der Waals surface area contributed by atoms with E-state index in [2.05, 4.69) is 5.32 Å². The molecule has 0 aliphatic carbocycles. The smallest absolute Gasteiger partial charge is 0.317 e. The molecule has 1 unspecified atom stereocenters. The van der Waals surface area contributed by atoms with E-state index in [-0.39, 0.29) is 24.2 Å². The second-order valence-corrected chi connectivity index (χ2v) is 5.21. The fourth-order valence-electron chi connectivity index (χ4n) is 2.50. The van der Waals surface area contributed by atoms with Gasteiger partial charge in [0.05, 0.1) is 0 Å². The van der Waals surface area contributed by atoms with Crippen molar-refractivity contribution in [3.8, 4) is 0 Å². The molecule has 6 heteroatoms. The molecule has 5 nitrogen and oxygen atoms in total. The van der Waals surface area contributed by atoms with Crippen LogP contribution in [0, 0.1) is 5.82 Å². The van der Waals surface area contributed by atoms with E-state index in [4.69, 9.17) is 5.11 Å². The Bertz CT molecular complexity index is 504. The average Bonchev–Trinajstić information content (AvgIpc) is 2.94. The van der Waals surface area contributed by atoms with Crippen LogP contribution in [-0.4, -0.2) is 41.6 Å². The number of carboxylic acid groups (broad SMARTS) is 1. The maximum atomic E-state index is 12.9. The van der Waals surface area contributed by atoms with E-state index in [9.17, 15) is 14.0 Å². The lowest BCUT2D eigenvalue weighted by Gasteiger charge is -2.17. The monoisotopic (exact) mass is 294 g/mol. The minimum absolute atomic E-state index is 0.0541. The van der Waals surface area contributed by atoms with E-state index < -0.39 is 5.97 Å². The fraction of sp³-hybridized carbons (Fsp3) is 0.467. The Kier molecular flexibility index (Phi) is 5.14. The number of carbonyl (C=O) groups excluding carboxylic acids is 1. The van der Waals surface area contributed by atoms with Crippen molar-refractivity contribution in [2.75, 3.05) is 19.6 Å². The summed E-state index contributed by atoms with van der Waals surface area (Å²) >= 11 is 0. The van der Waals surface area contributed by atoms with Crippen LogP contribution in [0.4, 0.5) is 9.18 Å². The number of nitrogens with one attached hydrogen (secondary N) is 1. The van der Waals surface area contributed by atoms with Gasteiger partial charge in [0.1, 0.15) is 5.82 Å². The van der Waals surface area contributed by atoms with Gasteiger partial charge in [-0.3, -0.25) is 4.79 Å². The molecule has 0 bridgehead atoms. The lowest BCUT2D eigenvalue weighted by Crippen LogP contribution is -2.38. The summed E-state index contributed by atoms with van der Waals surface area (Å²) in [6.45, 7) is 1.63. The third kappa shape index (κ3) is 4.44. The number of rotatable bonds is 5. The molecule has 0 saturated carbocycles. The van der Waals surface area contributed by atoms with Crippen LogP contribution in [0.2, 0.25) is 0 Å². The number of benzene rings is 1. The minimum atomic E-state index is -0.859. The molecule has 2 N–H and O–H groups in total. The summed E-state index contributed by atoms with van der Waals surface area (Å²) in [6.07, 6.45) is 1.34. The molecule has 0 spiro atoms. The van der Waals surface area contributed by atoms with Gasteiger partial charge in [-0.25, -0.2) is 9.18 Å². The number of carbonyl (C=O) groups is 2. The first-order chi connectivity index (χ1) is 10.1. The van der Waals surface area contributed by atoms with Crippen LogP contribution in [0.1, 0.15) is 30.7 Å². The van der Waals surface area contributed by atoms with E-state index in [0.29, 0.717) is 26.1 Å². The molecule has 1 aromatic carbocycles. The molecule has 1 saturated heterocycles.